The fraction of sp³-hybridized carbons (Fsp3) is 0.800. The average Bonchev–Trinajstić information content (AvgIpc) is 2.15. The molecule has 1 aliphatic heterocycles. The molecule has 0 saturated carbocycles. The summed E-state index contributed by atoms with van der Waals surface area (Å²) in [7, 11) is 0. The Morgan fingerprint density at radius 3 is 3.11 bits per heavy atom. The van der Waals surface area contributed by atoms with Gasteiger partial charge in [-0.05, 0) is 0 Å². The molecule has 1 atom stereocenters. The zero-order chi connectivity index (χ0) is 6.69. The number of esters is 1. The van der Waals surface area contributed by atoms with Crippen molar-refractivity contribution in [1.29, 1.82) is 0 Å². The lowest BCUT2D eigenvalue weighted by Gasteiger charge is -2.04. The van der Waals surface area contributed by atoms with Crippen molar-refractivity contribution in [3.05, 3.63) is 0 Å². The minimum atomic E-state index is -0.238. The molecular formula is C5H8O3S. The van der Waals surface area contributed by atoms with Crippen LogP contribution in [-0.2, 0) is 13.7 Å². The maximum Gasteiger partial charge on any atom is 0.303 e. The van der Waals surface area contributed by atoms with E-state index in [-0.39, 0.29) is 11.4 Å². The van der Waals surface area contributed by atoms with Gasteiger partial charge in [0.25, 0.3) is 0 Å². The van der Waals surface area contributed by atoms with Gasteiger partial charge >= 0.3 is 5.97 Å². The lowest BCUT2D eigenvalue weighted by Crippen LogP contribution is -2.08. The molecule has 0 amide bonds. The Hall–Kier alpha value is -0.220. The third-order valence-corrected chi connectivity index (χ3v) is 1.76. The van der Waals surface area contributed by atoms with E-state index in [0.29, 0.717) is 6.61 Å². The molecule has 0 N–H and O–H groups in total. The molecule has 1 heterocycles. The van der Waals surface area contributed by atoms with Crippen molar-refractivity contribution in [3.63, 3.8) is 0 Å². The van der Waals surface area contributed by atoms with Crippen LogP contribution in [0, 0.1) is 0 Å². The van der Waals surface area contributed by atoms with Gasteiger partial charge < -0.3 is 8.92 Å². The minimum Gasteiger partial charge on any atom is -0.449 e. The van der Waals surface area contributed by atoms with E-state index in [0.717, 1.165) is 6.42 Å². The first-order valence-corrected chi connectivity index (χ1v) is 3.55. The zero-order valence-corrected chi connectivity index (χ0v) is 5.94. The van der Waals surface area contributed by atoms with Crippen LogP contribution in [0.5, 0.6) is 0 Å². The molecule has 0 aromatic heterocycles. The molecule has 1 fully saturated rings. The van der Waals surface area contributed by atoms with E-state index < -0.39 is 0 Å². The van der Waals surface area contributed by atoms with E-state index in [1.165, 1.54) is 19.0 Å². The highest BCUT2D eigenvalue weighted by Crippen LogP contribution is 2.24. The van der Waals surface area contributed by atoms with Crippen molar-refractivity contribution in [2.75, 3.05) is 6.61 Å². The smallest absolute Gasteiger partial charge is 0.303 e. The van der Waals surface area contributed by atoms with Crippen molar-refractivity contribution in [3.8, 4) is 0 Å². The molecule has 0 aliphatic carbocycles. The summed E-state index contributed by atoms with van der Waals surface area (Å²) in [6.45, 7) is 2.08. The summed E-state index contributed by atoms with van der Waals surface area (Å²) in [6, 6.07) is 0. The van der Waals surface area contributed by atoms with E-state index in [4.69, 9.17) is 8.92 Å². The number of hydrogen-bond acceptors (Lipinski definition) is 4. The van der Waals surface area contributed by atoms with Gasteiger partial charge in [-0.2, -0.15) is 0 Å². The van der Waals surface area contributed by atoms with Crippen LogP contribution < -0.4 is 0 Å². The third kappa shape index (κ3) is 2.24. The molecule has 0 aromatic carbocycles. The number of carbonyl (C=O) groups excluding carboxylic acids is 1. The normalized spacial score (nSPS) is 26.1. The molecule has 9 heavy (non-hydrogen) atoms. The predicted molar refractivity (Wildman–Crippen MR) is 33.7 cm³/mol. The monoisotopic (exact) mass is 148 g/mol. The molecule has 52 valence electrons. The highest BCUT2D eigenvalue weighted by molar-refractivity contribution is 7.95. The Labute approximate surface area is 57.9 Å². The van der Waals surface area contributed by atoms with Crippen LogP contribution in [0.4, 0.5) is 0 Å². The Balaban J connectivity index is 2.19. The molecule has 0 spiro atoms. The quantitative estimate of drug-likeness (QED) is 0.409. The molecule has 1 unspecified atom stereocenters. The Morgan fingerprint density at radius 1 is 1.89 bits per heavy atom. The van der Waals surface area contributed by atoms with Crippen molar-refractivity contribution < 1.29 is 13.7 Å². The maximum atomic E-state index is 10.3. The van der Waals surface area contributed by atoms with Crippen molar-refractivity contribution in [1.82, 2.24) is 0 Å². The highest BCUT2D eigenvalue weighted by atomic mass is 32.2. The molecule has 4 heteroatoms. The van der Waals surface area contributed by atoms with Crippen LogP contribution in [0.25, 0.3) is 0 Å². The largest absolute Gasteiger partial charge is 0.449 e. The minimum absolute atomic E-state index is 0.0671. The second kappa shape index (κ2) is 3.08. The van der Waals surface area contributed by atoms with Crippen LogP contribution in [0.2, 0.25) is 0 Å². The van der Waals surface area contributed by atoms with E-state index >= 15 is 0 Å². The van der Waals surface area contributed by atoms with Gasteiger partial charge in [-0.1, -0.05) is 0 Å². The summed E-state index contributed by atoms with van der Waals surface area (Å²) in [5, 5.41) is 0. The van der Waals surface area contributed by atoms with Gasteiger partial charge in [0, 0.05) is 25.4 Å². The van der Waals surface area contributed by atoms with Gasteiger partial charge in [-0.3, -0.25) is 4.79 Å². The summed E-state index contributed by atoms with van der Waals surface area (Å²) in [5.41, 5.74) is -0.0671. The predicted octanol–water partition coefficient (Wildman–Crippen LogP) is 0.944. The third-order valence-electron chi connectivity index (χ3n) is 0.910. The second-order valence-corrected chi connectivity index (χ2v) is 2.70. The first-order valence-electron chi connectivity index (χ1n) is 2.74. The first kappa shape index (κ1) is 6.89. The van der Waals surface area contributed by atoms with E-state index in [1.807, 2.05) is 0 Å². The SMILES string of the molecule is CC(=O)OC1CCOS1. The van der Waals surface area contributed by atoms with Crippen molar-refractivity contribution in [2.45, 2.75) is 18.8 Å². The van der Waals surface area contributed by atoms with Crippen LogP contribution in [-0.4, -0.2) is 18.0 Å². The van der Waals surface area contributed by atoms with E-state index in [9.17, 15) is 4.79 Å². The van der Waals surface area contributed by atoms with Crippen LogP contribution >= 0.6 is 12.0 Å². The van der Waals surface area contributed by atoms with E-state index in [1.54, 1.807) is 0 Å². The standard InChI is InChI=1S/C5H8O3S/c1-4(6)8-5-2-3-7-9-5/h5H,2-3H2,1H3. The Kier molecular flexibility index (Phi) is 2.36. The highest BCUT2D eigenvalue weighted by Gasteiger charge is 2.19. The second-order valence-electron chi connectivity index (χ2n) is 1.75. The number of carbonyl (C=O) groups is 1. The fourth-order valence-electron chi connectivity index (χ4n) is 0.580. The zero-order valence-electron chi connectivity index (χ0n) is 5.12. The summed E-state index contributed by atoms with van der Waals surface area (Å²) in [5.74, 6) is -0.238. The molecule has 0 aromatic rings. The molecule has 0 radical (unpaired) electrons. The summed E-state index contributed by atoms with van der Waals surface area (Å²) < 4.78 is 9.71. The Morgan fingerprint density at radius 2 is 2.67 bits per heavy atom. The van der Waals surface area contributed by atoms with Gasteiger partial charge in [0.15, 0.2) is 5.44 Å². The number of ether oxygens (including phenoxy) is 1. The summed E-state index contributed by atoms with van der Waals surface area (Å²) >= 11 is 1.23. The molecule has 0 bridgehead atoms. The van der Waals surface area contributed by atoms with Gasteiger partial charge in [0.05, 0.1) is 6.61 Å². The fourth-order valence-corrected chi connectivity index (χ4v) is 1.29. The number of hydrogen-bond donors (Lipinski definition) is 0. The summed E-state index contributed by atoms with van der Waals surface area (Å²) in [4.78, 5) is 10.3. The van der Waals surface area contributed by atoms with Gasteiger partial charge in [0.2, 0.25) is 0 Å². The Bertz CT molecular complexity index is 109. The van der Waals surface area contributed by atoms with Crippen LogP contribution in [0.15, 0.2) is 0 Å². The van der Waals surface area contributed by atoms with Gasteiger partial charge in [-0.25, -0.2) is 0 Å². The molecule has 3 nitrogen and oxygen atoms in total. The van der Waals surface area contributed by atoms with Gasteiger partial charge in [0.1, 0.15) is 0 Å². The topological polar surface area (TPSA) is 35.5 Å². The molecule has 1 aliphatic rings. The first-order chi connectivity index (χ1) is 4.29. The van der Waals surface area contributed by atoms with Crippen LogP contribution in [0.1, 0.15) is 13.3 Å². The van der Waals surface area contributed by atoms with Gasteiger partial charge in [-0.15, -0.1) is 0 Å². The average molecular weight is 148 g/mol. The summed E-state index contributed by atoms with van der Waals surface area (Å²) in [6.07, 6.45) is 0.810. The lowest BCUT2D eigenvalue weighted by atomic mass is 10.5. The maximum absolute atomic E-state index is 10.3. The molecule has 1 rings (SSSR count). The molecular weight excluding hydrogens is 140 g/mol. The number of rotatable bonds is 1. The van der Waals surface area contributed by atoms with Crippen LogP contribution in [0.3, 0.4) is 0 Å². The van der Waals surface area contributed by atoms with Crippen molar-refractivity contribution in [2.24, 2.45) is 0 Å². The van der Waals surface area contributed by atoms with Crippen molar-refractivity contribution >= 4 is 18.0 Å². The lowest BCUT2D eigenvalue weighted by molar-refractivity contribution is -0.142. The molecule has 1 saturated heterocycles. The van der Waals surface area contributed by atoms with E-state index in [2.05, 4.69) is 0 Å².